The van der Waals surface area contributed by atoms with Crippen LogP contribution in [0.15, 0.2) is 18.2 Å². The molecule has 0 saturated heterocycles. The molecule has 0 amide bonds. The highest BCUT2D eigenvalue weighted by Crippen LogP contribution is 2.31. The van der Waals surface area contributed by atoms with Gasteiger partial charge < -0.3 is 9.84 Å². The first-order chi connectivity index (χ1) is 9.02. The van der Waals surface area contributed by atoms with E-state index in [0.717, 1.165) is 23.1 Å². The summed E-state index contributed by atoms with van der Waals surface area (Å²) in [5.74, 6) is -0.788. The number of hydrogen-bond acceptors (Lipinski definition) is 3. The number of aryl methyl sites for hydroxylation is 2. The van der Waals surface area contributed by atoms with E-state index >= 15 is 0 Å². The highest BCUT2D eigenvalue weighted by atomic mass is 16.5. The average molecular weight is 264 g/mol. The number of esters is 1. The van der Waals surface area contributed by atoms with Crippen LogP contribution in [0.1, 0.15) is 49.5 Å². The maximum atomic E-state index is 12.0. The molecule has 0 aliphatic rings. The maximum Gasteiger partial charge on any atom is 0.311 e. The van der Waals surface area contributed by atoms with Crippen LogP contribution in [0.2, 0.25) is 0 Å². The fraction of sp³-hybridized carbons (Fsp3) is 0.562. The molecule has 0 spiro atoms. The Morgan fingerprint density at radius 2 is 1.84 bits per heavy atom. The van der Waals surface area contributed by atoms with Crippen molar-refractivity contribution in [3.05, 3.63) is 34.9 Å². The number of ether oxygens (including phenoxy) is 1. The minimum atomic E-state index is -0.791. The molecule has 106 valence electrons. The van der Waals surface area contributed by atoms with Gasteiger partial charge in [-0.2, -0.15) is 0 Å². The lowest BCUT2D eigenvalue weighted by Gasteiger charge is -2.24. The van der Waals surface area contributed by atoms with Crippen LogP contribution in [0.25, 0.3) is 0 Å². The summed E-state index contributed by atoms with van der Waals surface area (Å²) in [4.78, 5) is 12.0. The third kappa shape index (κ3) is 3.80. The molecule has 2 atom stereocenters. The number of hydrogen-bond donors (Lipinski definition) is 1. The number of aliphatic hydroxyl groups excluding tert-OH is 1. The molecule has 1 N–H and O–H groups in total. The van der Waals surface area contributed by atoms with Crippen molar-refractivity contribution in [2.24, 2.45) is 5.92 Å². The Labute approximate surface area is 115 Å². The first-order valence-electron chi connectivity index (χ1n) is 6.93. The van der Waals surface area contributed by atoms with E-state index in [0.29, 0.717) is 13.0 Å². The number of aliphatic hydroxyl groups is 1. The van der Waals surface area contributed by atoms with Crippen molar-refractivity contribution in [3.63, 3.8) is 0 Å². The standard InChI is InChI=1S/C16H24O3/c1-5-8-13(16(18)19-6-2)15(17)14-11(3)9-7-10-12(14)4/h7,9-10,13,15,17H,5-6,8H2,1-4H3. The van der Waals surface area contributed by atoms with E-state index in [1.165, 1.54) is 0 Å². The second-order valence-corrected chi connectivity index (χ2v) is 4.90. The van der Waals surface area contributed by atoms with Gasteiger partial charge in [0, 0.05) is 0 Å². The highest BCUT2D eigenvalue weighted by Gasteiger charge is 2.30. The molecule has 2 unspecified atom stereocenters. The quantitative estimate of drug-likeness (QED) is 0.802. The summed E-state index contributed by atoms with van der Waals surface area (Å²) < 4.78 is 5.08. The summed E-state index contributed by atoms with van der Waals surface area (Å²) in [6, 6.07) is 5.87. The zero-order valence-electron chi connectivity index (χ0n) is 12.3. The van der Waals surface area contributed by atoms with E-state index < -0.39 is 12.0 Å². The molecule has 0 bridgehead atoms. The minimum absolute atomic E-state index is 0.306. The summed E-state index contributed by atoms with van der Waals surface area (Å²) >= 11 is 0. The van der Waals surface area contributed by atoms with Crippen molar-refractivity contribution >= 4 is 5.97 Å². The first-order valence-corrected chi connectivity index (χ1v) is 6.93. The van der Waals surface area contributed by atoms with Crippen LogP contribution in [0.5, 0.6) is 0 Å². The summed E-state index contributed by atoms with van der Waals surface area (Å²) in [6.45, 7) is 8.05. The monoisotopic (exact) mass is 264 g/mol. The van der Waals surface area contributed by atoms with Crippen molar-refractivity contribution in [1.29, 1.82) is 0 Å². The molecule has 0 heterocycles. The van der Waals surface area contributed by atoms with Gasteiger partial charge in [-0.25, -0.2) is 0 Å². The van der Waals surface area contributed by atoms with E-state index in [2.05, 4.69) is 0 Å². The van der Waals surface area contributed by atoms with Gasteiger partial charge in [0.25, 0.3) is 0 Å². The predicted molar refractivity (Wildman–Crippen MR) is 75.9 cm³/mol. The molecule has 0 aromatic heterocycles. The van der Waals surface area contributed by atoms with Crippen molar-refractivity contribution in [2.75, 3.05) is 6.61 Å². The summed E-state index contributed by atoms with van der Waals surface area (Å²) in [7, 11) is 0. The van der Waals surface area contributed by atoms with Crippen LogP contribution in [0.4, 0.5) is 0 Å². The molecule has 0 fully saturated rings. The van der Waals surface area contributed by atoms with Gasteiger partial charge in [0.2, 0.25) is 0 Å². The lowest BCUT2D eigenvalue weighted by atomic mass is 9.87. The zero-order chi connectivity index (χ0) is 14.4. The predicted octanol–water partition coefficient (Wildman–Crippen LogP) is 3.32. The minimum Gasteiger partial charge on any atom is -0.466 e. The van der Waals surface area contributed by atoms with Crippen molar-refractivity contribution in [3.8, 4) is 0 Å². The fourth-order valence-corrected chi connectivity index (χ4v) is 2.46. The van der Waals surface area contributed by atoms with Gasteiger partial charge >= 0.3 is 5.97 Å². The van der Waals surface area contributed by atoms with Crippen molar-refractivity contribution in [2.45, 2.75) is 46.6 Å². The Balaban J connectivity index is 3.05. The van der Waals surface area contributed by atoms with E-state index in [9.17, 15) is 9.90 Å². The molecule has 0 radical (unpaired) electrons. The zero-order valence-corrected chi connectivity index (χ0v) is 12.3. The van der Waals surface area contributed by atoms with Crippen LogP contribution < -0.4 is 0 Å². The van der Waals surface area contributed by atoms with Gasteiger partial charge in [0.15, 0.2) is 0 Å². The molecule has 3 nitrogen and oxygen atoms in total. The number of rotatable bonds is 6. The number of carbonyl (C=O) groups is 1. The summed E-state index contributed by atoms with van der Waals surface area (Å²) in [6.07, 6.45) is 0.680. The Kier molecular flexibility index (Phi) is 6.03. The normalized spacial score (nSPS) is 13.9. The Bertz CT molecular complexity index is 406. The third-order valence-corrected chi connectivity index (χ3v) is 3.41. The van der Waals surface area contributed by atoms with Crippen molar-refractivity contribution in [1.82, 2.24) is 0 Å². The topological polar surface area (TPSA) is 46.5 Å². The van der Waals surface area contributed by atoms with Crippen LogP contribution in [0, 0.1) is 19.8 Å². The Morgan fingerprint density at radius 1 is 1.26 bits per heavy atom. The van der Waals surface area contributed by atoms with Gasteiger partial charge in [-0.3, -0.25) is 4.79 Å². The number of benzene rings is 1. The molecule has 3 heteroatoms. The van der Waals surface area contributed by atoms with Gasteiger partial charge in [-0.1, -0.05) is 31.5 Å². The molecule has 0 aliphatic heterocycles. The van der Waals surface area contributed by atoms with Crippen LogP contribution in [-0.4, -0.2) is 17.7 Å². The van der Waals surface area contributed by atoms with E-state index in [1.807, 2.05) is 39.0 Å². The summed E-state index contributed by atoms with van der Waals surface area (Å²) in [5, 5.41) is 10.6. The van der Waals surface area contributed by atoms with Gasteiger partial charge in [-0.05, 0) is 43.9 Å². The number of carbonyl (C=O) groups excluding carboxylic acids is 1. The first kappa shape index (κ1) is 15.7. The Morgan fingerprint density at radius 3 is 2.32 bits per heavy atom. The van der Waals surface area contributed by atoms with Gasteiger partial charge in [0.1, 0.15) is 0 Å². The lowest BCUT2D eigenvalue weighted by Crippen LogP contribution is -2.25. The summed E-state index contributed by atoms with van der Waals surface area (Å²) in [5.41, 5.74) is 2.88. The van der Waals surface area contributed by atoms with Crippen LogP contribution >= 0.6 is 0 Å². The van der Waals surface area contributed by atoms with Gasteiger partial charge in [0.05, 0.1) is 18.6 Å². The average Bonchev–Trinajstić information content (AvgIpc) is 2.35. The fourth-order valence-electron chi connectivity index (χ4n) is 2.46. The molecule has 0 saturated carbocycles. The second kappa shape index (κ2) is 7.29. The molecular formula is C16H24O3. The highest BCUT2D eigenvalue weighted by molar-refractivity contribution is 5.73. The van der Waals surface area contributed by atoms with E-state index in [4.69, 9.17) is 4.74 Å². The molecule has 1 rings (SSSR count). The Hall–Kier alpha value is -1.35. The molecule has 19 heavy (non-hydrogen) atoms. The van der Waals surface area contributed by atoms with Crippen molar-refractivity contribution < 1.29 is 14.6 Å². The molecule has 0 aliphatic carbocycles. The molecule has 1 aromatic carbocycles. The largest absolute Gasteiger partial charge is 0.466 e. The van der Waals surface area contributed by atoms with Gasteiger partial charge in [-0.15, -0.1) is 0 Å². The van der Waals surface area contributed by atoms with Crippen LogP contribution in [-0.2, 0) is 9.53 Å². The smallest absolute Gasteiger partial charge is 0.311 e. The lowest BCUT2D eigenvalue weighted by molar-refractivity contribution is -0.152. The maximum absolute atomic E-state index is 12.0. The third-order valence-electron chi connectivity index (χ3n) is 3.41. The van der Waals surface area contributed by atoms with E-state index in [1.54, 1.807) is 6.92 Å². The van der Waals surface area contributed by atoms with Crippen LogP contribution in [0.3, 0.4) is 0 Å². The second-order valence-electron chi connectivity index (χ2n) is 4.90. The van der Waals surface area contributed by atoms with E-state index in [-0.39, 0.29) is 5.97 Å². The molecular weight excluding hydrogens is 240 g/mol. The molecule has 1 aromatic rings. The SMILES string of the molecule is CCCC(C(=O)OCC)C(O)c1c(C)cccc1C.